The number of nitrogens with one attached hydrogen (secondary N) is 2. The fourth-order valence-electron chi connectivity index (χ4n) is 4.65. The molecule has 12 heteroatoms. The van der Waals surface area contributed by atoms with Crippen molar-refractivity contribution in [3.8, 4) is 0 Å². The smallest absolute Gasteiger partial charge is 0.243 e. The molecular weight excluding hydrogens is 625 g/mol. The van der Waals surface area contributed by atoms with Crippen LogP contribution in [-0.2, 0) is 42.7 Å². The van der Waals surface area contributed by atoms with E-state index >= 15 is 0 Å². The third-order valence-corrected chi connectivity index (χ3v) is 10.9. The summed E-state index contributed by atoms with van der Waals surface area (Å²) >= 11 is 0. The zero-order chi connectivity index (χ0) is 33.2. The molecule has 0 fully saturated rings. The predicted molar refractivity (Wildman–Crippen MR) is 179 cm³/mol. The highest BCUT2D eigenvalue weighted by Gasteiger charge is 2.22. The summed E-state index contributed by atoms with van der Waals surface area (Å²) in [5.41, 5.74) is 2.70. The molecule has 0 atom stereocenters. The summed E-state index contributed by atoms with van der Waals surface area (Å²) in [5.74, 6) is -0.488. The van der Waals surface area contributed by atoms with Gasteiger partial charge < -0.3 is 10.6 Å². The van der Waals surface area contributed by atoms with E-state index < -0.39 is 20.0 Å². The van der Waals surface area contributed by atoms with Crippen molar-refractivity contribution < 1.29 is 26.4 Å². The van der Waals surface area contributed by atoms with Crippen molar-refractivity contribution in [1.29, 1.82) is 0 Å². The normalized spacial score (nSPS) is 11.8. The van der Waals surface area contributed by atoms with Crippen LogP contribution in [0.4, 0.5) is 11.4 Å². The van der Waals surface area contributed by atoms with Crippen molar-refractivity contribution in [2.75, 3.05) is 24.7 Å². The third-order valence-electron chi connectivity index (χ3n) is 7.25. The number of unbranched alkanes of at least 4 members (excludes halogenated alkanes) is 1. The lowest BCUT2D eigenvalue weighted by Gasteiger charge is -2.17. The van der Waals surface area contributed by atoms with Crippen LogP contribution in [0, 0.1) is 0 Å². The summed E-state index contributed by atoms with van der Waals surface area (Å²) in [5, 5.41) is 5.51. The Kier molecular flexibility index (Phi) is 11.8. The summed E-state index contributed by atoms with van der Waals surface area (Å²) < 4.78 is 54.3. The Morgan fingerprint density at radius 2 is 0.848 bits per heavy atom. The molecule has 4 aromatic carbocycles. The molecule has 2 N–H and O–H groups in total. The van der Waals surface area contributed by atoms with Gasteiger partial charge in [0.05, 0.1) is 9.79 Å². The van der Waals surface area contributed by atoms with Gasteiger partial charge >= 0.3 is 0 Å². The van der Waals surface area contributed by atoms with E-state index in [-0.39, 0.29) is 47.5 Å². The lowest BCUT2D eigenvalue weighted by atomic mass is 10.1. The van der Waals surface area contributed by atoms with Gasteiger partial charge in [0, 0.05) is 51.4 Å². The molecule has 0 aliphatic heterocycles. The average molecular weight is 663 g/mol. The minimum atomic E-state index is -3.70. The summed E-state index contributed by atoms with van der Waals surface area (Å²) in [6.07, 6.45) is 1.33. The van der Waals surface area contributed by atoms with Gasteiger partial charge in [-0.25, -0.2) is 16.8 Å². The Morgan fingerprint density at radius 1 is 0.522 bits per heavy atom. The predicted octanol–water partition coefficient (Wildman–Crippen LogP) is 5.47. The number of anilines is 2. The van der Waals surface area contributed by atoms with Gasteiger partial charge in [-0.1, -0.05) is 60.7 Å². The summed E-state index contributed by atoms with van der Waals surface area (Å²) in [6.45, 7) is 0.480. The summed E-state index contributed by atoms with van der Waals surface area (Å²) in [4.78, 5) is 25.1. The highest BCUT2D eigenvalue weighted by molar-refractivity contribution is 7.89. The van der Waals surface area contributed by atoms with Crippen molar-refractivity contribution >= 4 is 43.2 Å². The fraction of sp³-hybridized carbons (Fsp3) is 0.235. The van der Waals surface area contributed by atoms with Crippen molar-refractivity contribution in [2.45, 2.75) is 48.6 Å². The van der Waals surface area contributed by atoms with Gasteiger partial charge in [0.15, 0.2) is 0 Å². The van der Waals surface area contributed by atoms with E-state index in [1.807, 2.05) is 60.7 Å². The van der Waals surface area contributed by atoms with Crippen LogP contribution in [0.2, 0.25) is 0 Å². The second-order valence-electron chi connectivity index (χ2n) is 10.8. The summed E-state index contributed by atoms with van der Waals surface area (Å²) in [7, 11) is -4.35. The number of carbonyl (C=O) groups excluding carboxylic acids is 2. The maximum Gasteiger partial charge on any atom is 0.243 e. The number of amides is 2. The molecule has 46 heavy (non-hydrogen) atoms. The van der Waals surface area contributed by atoms with Crippen LogP contribution in [0.25, 0.3) is 0 Å². The van der Waals surface area contributed by atoms with Crippen LogP contribution in [-0.4, -0.2) is 51.4 Å². The molecule has 0 unspecified atom stereocenters. The molecule has 0 saturated heterocycles. The first-order valence-electron chi connectivity index (χ1n) is 14.8. The van der Waals surface area contributed by atoms with Gasteiger partial charge in [0.25, 0.3) is 0 Å². The number of hydrogen-bond donors (Lipinski definition) is 2. The quantitative estimate of drug-likeness (QED) is 0.162. The zero-order valence-corrected chi connectivity index (χ0v) is 27.4. The maximum atomic E-state index is 12.9. The highest BCUT2D eigenvalue weighted by Crippen LogP contribution is 2.21. The average Bonchev–Trinajstić information content (AvgIpc) is 3.04. The van der Waals surface area contributed by atoms with Crippen LogP contribution in [0.5, 0.6) is 0 Å². The largest absolute Gasteiger partial charge is 0.326 e. The standard InChI is InChI=1S/C34H38N4O6S2/c1-37(25-27-11-5-3-6-12-27)45(41,42)31-21-17-29(18-22-31)35-33(39)15-9-10-16-34(40)36-30-19-23-32(24-20-30)46(43,44)38(2)26-28-13-7-4-8-14-28/h3-8,11-14,17-24H,9-10,15-16,25-26H2,1-2H3,(H,35,39)(H,36,40). The van der Waals surface area contributed by atoms with E-state index in [1.165, 1.54) is 47.0 Å². The molecule has 0 bridgehead atoms. The fourth-order valence-corrected chi connectivity index (χ4v) is 6.97. The van der Waals surface area contributed by atoms with Gasteiger partial charge in [-0.3, -0.25) is 9.59 Å². The monoisotopic (exact) mass is 662 g/mol. The van der Waals surface area contributed by atoms with E-state index in [2.05, 4.69) is 10.6 Å². The van der Waals surface area contributed by atoms with Crippen molar-refractivity contribution in [3.63, 3.8) is 0 Å². The van der Waals surface area contributed by atoms with Gasteiger partial charge in [0.2, 0.25) is 31.9 Å². The van der Waals surface area contributed by atoms with Crippen LogP contribution in [0.3, 0.4) is 0 Å². The molecule has 0 aromatic heterocycles. The van der Waals surface area contributed by atoms with E-state index in [1.54, 1.807) is 24.3 Å². The Labute approximate surface area is 271 Å². The Morgan fingerprint density at radius 3 is 1.17 bits per heavy atom. The second kappa shape index (κ2) is 15.8. The van der Waals surface area contributed by atoms with Crippen molar-refractivity contribution in [3.05, 3.63) is 120 Å². The van der Waals surface area contributed by atoms with Crippen molar-refractivity contribution in [2.24, 2.45) is 0 Å². The molecule has 0 radical (unpaired) electrons. The molecule has 4 aromatic rings. The number of benzene rings is 4. The first-order chi connectivity index (χ1) is 21.9. The second-order valence-corrected chi connectivity index (χ2v) is 14.9. The zero-order valence-electron chi connectivity index (χ0n) is 25.8. The molecule has 0 spiro atoms. The molecule has 0 saturated carbocycles. The van der Waals surface area contributed by atoms with Crippen LogP contribution in [0.15, 0.2) is 119 Å². The number of rotatable bonds is 15. The topological polar surface area (TPSA) is 133 Å². The van der Waals surface area contributed by atoms with Crippen LogP contribution in [0.1, 0.15) is 36.8 Å². The first-order valence-corrected chi connectivity index (χ1v) is 17.6. The summed E-state index contributed by atoms with van der Waals surface area (Å²) in [6, 6.07) is 30.6. The Balaban J connectivity index is 1.18. The molecule has 4 rings (SSSR count). The Bertz CT molecular complexity index is 1680. The van der Waals surface area contributed by atoms with Gasteiger partial charge in [-0.05, 0) is 72.5 Å². The number of hydrogen-bond acceptors (Lipinski definition) is 6. The van der Waals surface area contributed by atoms with E-state index in [9.17, 15) is 26.4 Å². The molecule has 2 amide bonds. The van der Waals surface area contributed by atoms with E-state index in [0.717, 1.165) is 11.1 Å². The highest BCUT2D eigenvalue weighted by atomic mass is 32.2. The van der Waals surface area contributed by atoms with Gasteiger partial charge in [-0.2, -0.15) is 8.61 Å². The lowest BCUT2D eigenvalue weighted by Crippen LogP contribution is -2.26. The maximum absolute atomic E-state index is 12.9. The lowest BCUT2D eigenvalue weighted by molar-refractivity contribution is -0.118. The SMILES string of the molecule is CN(Cc1ccccc1)S(=O)(=O)c1ccc(NC(=O)CCCCC(=O)Nc2ccc(S(=O)(=O)N(C)Cc3ccccc3)cc2)cc1. The van der Waals surface area contributed by atoms with Gasteiger partial charge in [0.1, 0.15) is 0 Å². The molecule has 0 aliphatic carbocycles. The van der Waals surface area contributed by atoms with Crippen LogP contribution >= 0.6 is 0 Å². The Hall–Kier alpha value is -4.36. The van der Waals surface area contributed by atoms with E-state index in [4.69, 9.17) is 0 Å². The number of nitrogens with zero attached hydrogens (tertiary/aromatic N) is 2. The number of carbonyl (C=O) groups is 2. The molecule has 0 heterocycles. The minimum Gasteiger partial charge on any atom is -0.326 e. The molecular formula is C34H38N4O6S2. The minimum absolute atomic E-state index is 0.126. The molecule has 10 nitrogen and oxygen atoms in total. The van der Waals surface area contributed by atoms with E-state index in [0.29, 0.717) is 24.2 Å². The third kappa shape index (κ3) is 9.57. The number of sulfonamides is 2. The molecule has 242 valence electrons. The first kappa shape index (κ1) is 34.5. The van der Waals surface area contributed by atoms with Gasteiger partial charge in [-0.15, -0.1) is 0 Å². The molecule has 0 aliphatic rings. The van der Waals surface area contributed by atoms with Crippen LogP contribution < -0.4 is 10.6 Å². The van der Waals surface area contributed by atoms with Crippen molar-refractivity contribution in [1.82, 2.24) is 8.61 Å².